The molecule has 2 heterocycles. The number of thioether (sulfide) groups is 1. The molecule has 1 aliphatic heterocycles. The molecule has 1 fully saturated rings. The molecule has 0 spiro atoms. The van der Waals surface area contributed by atoms with Crippen molar-refractivity contribution in [1.82, 2.24) is 4.98 Å². The molecule has 4 heteroatoms. The van der Waals surface area contributed by atoms with Crippen LogP contribution in [0.15, 0.2) is 12.1 Å². The Bertz CT molecular complexity index is 337. The summed E-state index contributed by atoms with van der Waals surface area (Å²) < 4.78 is 0. The summed E-state index contributed by atoms with van der Waals surface area (Å²) in [5.41, 5.74) is 7.59. The highest BCUT2D eigenvalue weighted by atomic mass is 35.5. The van der Waals surface area contributed by atoms with Crippen molar-refractivity contribution in [2.24, 2.45) is 5.73 Å². The fourth-order valence-electron chi connectivity index (χ4n) is 1.78. The molecular formula is C11H15ClN2S. The lowest BCUT2D eigenvalue weighted by atomic mass is 10.1. The van der Waals surface area contributed by atoms with Crippen LogP contribution in [0.1, 0.15) is 35.8 Å². The standard InChI is InChI=1S/C11H15ClN2S/c12-11-8(7-13)4-5-9(14-11)10-3-1-2-6-15-10/h4-5,10H,1-3,6-7,13H2. The topological polar surface area (TPSA) is 38.9 Å². The molecule has 0 amide bonds. The molecule has 82 valence electrons. The molecule has 1 aromatic heterocycles. The Morgan fingerprint density at radius 1 is 1.47 bits per heavy atom. The molecule has 15 heavy (non-hydrogen) atoms. The van der Waals surface area contributed by atoms with Crippen LogP contribution in [0.25, 0.3) is 0 Å². The number of nitrogens with zero attached hydrogens (tertiary/aromatic N) is 1. The first-order valence-electron chi connectivity index (χ1n) is 5.28. The third-order valence-electron chi connectivity index (χ3n) is 2.68. The molecule has 0 radical (unpaired) electrons. The summed E-state index contributed by atoms with van der Waals surface area (Å²) in [6, 6.07) is 4.07. The van der Waals surface area contributed by atoms with E-state index in [9.17, 15) is 0 Å². The van der Waals surface area contributed by atoms with Crippen molar-refractivity contribution in [3.05, 3.63) is 28.5 Å². The number of rotatable bonds is 2. The lowest BCUT2D eigenvalue weighted by Gasteiger charge is -2.21. The van der Waals surface area contributed by atoms with Crippen molar-refractivity contribution in [1.29, 1.82) is 0 Å². The zero-order valence-electron chi connectivity index (χ0n) is 8.58. The zero-order valence-corrected chi connectivity index (χ0v) is 10.2. The smallest absolute Gasteiger partial charge is 0.133 e. The number of pyridine rings is 1. The van der Waals surface area contributed by atoms with Crippen molar-refractivity contribution >= 4 is 23.4 Å². The molecule has 1 saturated heterocycles. The molecule has 1 unspecified atom stereocenters. The minimum absolute atomic E-state index is 0.462. The largest absolute Gasteiger partial charge is 0.326 e. The minimum Gasteiger partial charge on any atom is -0.326 e. The lowest BCUT2D eigenvalue weighted by molar-refractivity contribution is 0.675. The highest BCUT2D eigenvalue weighted by molar-refractivity contribution is 7.99. The lowest BCUT2D eigenvalue weighted by Crippen LogP contribution is -2.06. The second-order valence-corrected chi connectivity index (χ2v) is 5.41. The molecule has 0 saturated carbocycles. The first-order valence-corrected chi connectivity index (χ1v) is 6.71. The van der Waals surface area contributed by atoms with Crippen LogP contribution in [0.5, 0.6) is 0 Å². The van der Waals surface area contributed by atoms with Crippen molar-refractivity contribution in [3.8, 4) is 0 Å². The van der Waals surface area contributed by atoms with E-state index in [1.165, 1.54) is 25.0 Å². The second-order valence-electron chi connectivity index (χ2n) is 3.75. The van der Waals surface area contributed by atoms with Gasteiger partial charge in [-0.2, -0.15) is 11.8 Å². The molecule has 1 atom stereocenters. The Labute approximate surface area is 99.6 Å². The fraction of sp³-hybridized carbons (Fsp3) is 0.545. The van der Waals surface area contributed by atoms with Gasteiger partial charge >= 0.3 is 0 Å². The quantitative estimate of drug-likeness (QED) is 0.810. The summed E-state index contributed by atoms with van der Waals surface area (Å²) >= 11 is 8.03. The molecule has 1 aliphatic rings. The average Bonchev–Trinajstić information content (AvgIpc) is 2.30. The van der Waals surface area contributed by atoms with Gasteiger partial charge < -0.3 is 5.73 Å². The first kappa shape index (κ1) is 11.2. The average molecular weight is 243 g/mol. The Balaban J connectivity index is 2.17. The van der Waals surface area contributed by atoms with Gasteiger partial charge in [0, 0.05) is 17.4 Å². The van der Waals surface area contributed by atoms with Gasteiger partial charge in [0.2, 0.25) is 0 Å². The monoisotopic (exact) mass is 242 g/mol. The molecule has 0 aliphatic carbocycles. The predicted octanol–water partition coefficient (Wildman–Crippen LogP) is 3.15. The van der Waals surface area contributed by atoms with Crippen LogP contribution in [0.3, 0.4) is 0 Å². The minimum atomic E-state index is 0.462. The molecule has 2 N–H and O–H groups in total. The SMILES string of the molecule is NCc1ccc(C2CCCCS2)nc1Cl. The molecular weight excluding hydrogens is 228 g/mol. The van der Waals surface area contributed by atoms with E-state index in [0.717, 1.165) is 11.3 Å². The normalized spacial score (nSPS) is 21.6. The van der Waals surface area contributed by atoms with Crippen LogP contribution in [0, 0.1) is 0 Å². The summed E-state index contributed by atoms with van der Waals surface area (Å²) in [5, 5.41) is 1.10. The summed E-state index contributed by atoms with van der Waals surface area (Å²) in [5.74, 6) is 1.24. The third kappa shape index (κ3) is 2.65. The van der Waals surface area contributed by atoms with E-state index in [-0.39, 0.29) is 0 Å². The number of aromatic nitrogens is 1. The van der Waals surface area contributed by atoms with Gasteiger partial charge in [-0.3, -0.25) is 0 Å². The van der Waals surface area contributed by atoms with Gasteiger partial charge in [0.05, 0.1) is 5.69 Å². The van der Waals surface area contributed by atoms with Crippen LogP contribution in [0.2, 0.25) is 5.15 Å². The van der Waals surface area contributed by atoms with Gasteiger partial charge in [-0.25, -0.2) is 4.98 Å². The van der Waals surface area contributed by atoms with Crippen molar-refractivity contribution in [2.75, 3.05) is 5.75 Å². The van der Waals surface area contributed by atoms with Gasteiger partial charge in [-0.15, -0.1) is 0 Å². The third-order valence-corrected chi connectivity index (χ3v) is 4.41. The number of nitrogens with two attached hydrogens (primary N) is 1. The maximum atomic E-state index is 6.05. The maximum absolute atomic E-state index is 6.05. The van der Waals surface area contributed by atoms with E-state index in [0.29, 0.717) is 16.9 Å². The van der Waals surface area contributed by atoms with Crippen LogP contribution in [-0.2, 0) is 6.54 Å². The van der Waals surface area contributed by atoms with Gasteiger partial charge in [-0.05, 0) is 24.7 Å². The van der Waals surface area contributed by atoms with E-state index in [4.69, 9.17) is 17.3 Å². The second kappa shape index (κ2) is 5.19. The Morgan fingerprint density at radius 3 is 2.93 bits per heavy atom. The molecule has 0 aromatic carbocycles. The van der Waals surface area contributed by atoms with Crippen LogP contribution < -0.4 is 5.73 Å². The fourth-order valence-corrected chi connectivity index (χ4v) is 3.31. The summed E-state index contributed by atoms with van der Waals surface area (Å²) in [6.45, 7) is 0.462. The van der Waals surface area contributed by atoms with E-state index >= 15 is 0 Å². The Morgan fingerprint density at radius 2 is 2.33 bits per heavy atom. The van der Waals surface area contributed by atoms with E-state index in [1.54, 1.807) is 0 Å². The summed E-state index contributed by atoms with van der Waals surface area (Å²) in [7, 11) is 0. The molecule has 0 bridgehead atoms. The highest BCUT2D eigenvalue weighted by Crippen LogP contribution is 2.37. The molecule has 2 rings (SSSR count). The van der Waals surface area contributed by atoms with Gasteiger partial charge in [0.1, 0.15) is 5.15 Å². The maximum Gasteiger partial charge on any atom is 0.133 e. The van der Waals surface area contributed by atoms with Crippen LogP contribution >= 0.6 is 23.4 Å². The Kier molecular flexibility index (Phi) is 3.89. The van der Waals surface area contributed by atoms with E-state index in [2.05, 4.69) is 11.1 Å². The van der Waals surface area contributed by atoms with Crippen molar-refractivity contribution in [3.63, 3.8) is 0 Å². The molecule has 2 nitrogen and oxygen atoms in total. The van der Waals surface area contributed by atoms with Crippen molar-refractivity contribution in [2.45, 2.75) is 31.1 Å². The van der Waals surface area contributed by atoms with Gasteiger partial charge in [0.15, 0.2) is 0 Å². The van der Waals surface area contributed by atoms with Crippen LogP contribution in [0.4, 0.5) is 0 Å². The Hall–Kier alpha value is -0.250. The van der Waals surface area contributed by atoms with E-state index in [1.807, 2.05) is 17.8 Å². The van der Waals surface area contributed by atoms with Crippen LogP contribution in [-0.4, -0.2) is 10.7 Å². The first-order chi connectivity index (χ1) is 7.31. The highest BCUT2D eigenvalue weighted by Gasteiger charge is 2.17. The summed E-state index contributed by atoms with van der Waals surface area (Å²) in [4.78, 5) is 4.43. The van der Waals surface area contributed by atoms with Gasteiger partial charge in [0.25, 0.3) is 0 Å². The number of hydrogen-bond donors (Lipinski definition) is 1. The number of hydrogen-bond acceptors (Lipinski definition) is 3. The zero-order chi connectivity index (χ0) is 10.7. The van der Waals surface area contributed by atoms with Crippen molar-refractivity contribution < 1.29 is 0 Å². The molecule has 1 aromatic rings. The van der Waals surface area contributed by atoms with Gasteiger partial charge in [-0.1, -0.05) is 24.1 Å². The summed E-state index contributed by atoms with van der Waals surface area (Å²) in [6.07, 6.45) is 3.85. The van der Waals surface area contributed by atoms with E-state index < -0.39 is 0 Å². The predicted molar refractivity (Wildman–Crippen MR) is 66.2 cm³/mol. The number of halogens is 1.